The lowest BCUT2D eigenvalue weighted by atomic mass is 10.1. The quantitative estimate of drug-likeness (QED) is 0.480. The third-order valence-corrected chi connectivity index (χ3v) is 4.28. The monoisotopic (exact) mass is 282 g/mol. The van der Waals surface area contributed by atoms with Crippen LogP contribution in [0.1, 0.15) is 5.76 Å². The summed E-state index contributed by atoms with van der Waals surface area (Å²) in [6.07, 6.45) is 0. The van der Waals surface area contributed by atoms with E-state index in [1.54, 1.807) is 17.4 Å². The Morgan fingerprint density at radius 3 is 2.70 bits per heavy atom. The van der Waals surface area contributed by atoms with Crippen molar-refractivity contribution >= 4 is 33.3 Å². The second kappa shape index (κ2) is 4.08. The van der Waals surface area contributed by atoms with Crippen LogP contribution >= 0.6 is 11.3 Å². The van der Waals surface area contributed by atoms with Gasteiger partial charge in [-0.3, -0.25) is 0 Å². The Morgan fingerprint density at radius 1 is 1.05 bits per heavy atom. The molecule has 20 heavy (non-hydrogen) atoms. The van der Waals surface area contributed by atoms with E-state index in [0.717, 1.165) is 21.6 Å². The molecule has 3 heterocycles. The van der Waals surface area contributed by atoms with E-state index in [-0.39, 0.29) is 5.63 Å². The Labute approximate surface area is 118 Å². The van der Waals surface area contributed by atoms with Gasteiger partial charge in [-0.25, -0.2) is 4.79 Å². The molecular weight excluding hydrogens is 272 g/mol. The van der Waals surface area contributed by atoms with Gasteiger partial charge in [0.2, 0.25) is 0 Å². The molecule has 0 bridgehead atoms. The standard InChI is InChI=1S/C16H10O3S/c1-9-13(12-7-4-8-20-12)14-15(18-9)10-5-2-3-6-11(10)19-16(14)17/h2-8H,1H3. The molecule has 0 saturated carbocycles. The molecule has 0 N–H and O–H groups in total. The summed E-state index contributed by atoms with van der Waals surface area (Å²) in [4.78, 5) is 13.3. The Bertz CT molecular complexity index is 974. The summed E-state index contributed by atoms with van der Waals surface area (Å²) in [6.45, 7) is 1.88. The summed E-state index contributed by atoms with van der Waals surface area (Å²) in [5.41, 5.74) is 1.66. The third-order valence-electron chi connectivity index (χ3n) is 3.39. The van der Waals surface area contributed by atoms with Crippen LogP contribution in [0.25, 0.3) is 32.4 Å². The fraction of sp³-hybridized carbons (Fsp3) is 0.0625. The molecule has 0 aliphatic rings. The topological polar surface area (TPSA) is 43.4 Å². The van der Waals surface area contributed by atoms with E-state index in [1.807, 2.05) is 42.6 Å². The molecule has 4 rings (SSSR count). The minimum absolute atomic E-state index is 0.348. The van der Waals surface area contributed by atoms with Crippen LogP contribution in [-0.4, -0.2) is 0 Å². The maximum Gasteiger partial charge on any atom is 0.348 e. The molecule has 0 fully saturated rings. The molecule has 1 aromatic carbocycles. The van der Waals surface area contributed by atoms with Gasteiger partial charge in [-0.15, -0.1) is 11.3 Å². The summed E-state index contributed by atoms with van der Waals surface area (Å²) in [7, 11) is 0. The molecule has 4 aromatic rings. The summed E-state index contributed by atoms with van der Waals surface area (Å²) in [5, 5.41) is 3.34. The highest BCUT2D eigenvalue weighted by molar-refractivity contribution is 7.13. The first-order chi connectivity index (χ1) is 9.75. The predicted octanol–water partition coefficient (Wildman–Crippen LogP) is 4.58. The fourth-order valence-electron chi connectivity index (χ4n) is 2.54. The highest BCUT2D eigenvalue weighted by Crippen LogP contribution is 2.37. The summed E-state index contributed by atoms with van der Waals surface area (Å²) < 4.78 is 11.3. The molecule has 0 unspecified atom stereocenters. The molecule has 98 valence electrons. The number of aryl methyl sites for hydroxylation is 1. The van der Waals surface area contributed by atoms with Gasteiger partial charge in [-0.1, -0.05) is 18.2 Å². The van der Waals surface area contributed by atoms with Crippen LogP contribution in [-0.2, 0) is 0 Å². The Hall–Kier alpha value is -2.33. The van der Waals surface area contributed by atoms with E-state index < -0.39 is 0 Å². The first-order valence-electron chi connectivity index (χ1n) is 6.24. The molecule has 0 aliphatic carbocycles. The van der Waals surface area contributed by atoms with Crippen molar-refractivity contribution in [2.45, 2.75) is 6.92 Å². The van der Waals surface area contributed by atoms with Crippen molar-refractivity contribution in [3.05, 3.63) is 58.0 Å². The van der Waals surface area contributed by atoms with Gasteiger partial charge in [0, 0.05) is 10.4 Å². The van der Waals surface area contributed by atoms with Gasteiger partial charge in [-0.05, 0) is 30.5 Å². The first-order valence-corrected chi connectivity index (χ1v) is 7.12. The number of hydrogen-bond donors (Lipinski definition) is 0. The first kappa shape index (κ1) is 11.5. The number of furan rings is 1. The second-order valence-corrected chi connectivity index (χ2v) is 5.55. The van der Waals surface area contributed by atoms with Crippen LogP contribution in [0.15, 0.2) is 55.4 Å². The van der Waals surface area contributed by atoms with E-state index in [4.69, 9.17) is 8.83 Å². The van der Waals surface area contributed by atoms with Gasteiger partial charge in [0.25, 0.3) is 0 Å². The van der Waals surface area contributed by atoms with Crippen molar-refractivity contribution < 1.29 is 8.83 Å². The van der Waals surface area contributed by atoms with Gasteiger partial charge >= 0.3 is 5.63 Å². The molecule has 0 amide bonds. The second-order valence-electron chi connectivity index (χ2n) is 4.60. The van der Waals surface area contributed by atoms with Crippen LogP contribution in [0.4, 0.5) is 0 Å². The van der Waals surface area contributed by atoms with Crippen molar-refractivity contribution in [3.63, 3.8) is 0 Å². The molecule has 0 atom stereocenters. The van der Waals surface area contributed by atoms with Crippen LogP contribution in [0.5, 0.6) is 0 Å². The lowest BCUT2D eigenvalue weighted by Gasteiger charge is -1.97. The third kappa shape index (κ3) is 1.48. The molecule has 0 radical (unpaired) electrons. The number of rotatable bonds is 1. The molecule has 0 spiro atoms. The number of benzene rings is 1. The Kier molecular flexibility index (Phi) is 2.35. The molecule has 0 saturated heterocycles. The minimum atomic E-state index is -0.348. The van der Waals surface area contributed by atoms with E-state index >= 15 is 0 Å². The lowest BCUT2D eigenvalue weighted by Crippen LogP contribution is -1.99. The van der Waals surface area contributed by atoms with Crippen LogP contribution in [0.2, 0.25) is 0 Å². The highest BCUT2D eigenvalue weighted by atomic mass is 32.1. The molecular formula is C16H10O3S. The van der Waals surface area contributed by atoms with Gasteiger partial charge in [0.05, 0.1) is 5.39 Å². The van der Waals surface area contributed by atoms with E-state index in [9.17, 15) is 4.79 Å². The van der Waals surface area contributed by atoms with E-state index in [2.05, 4.69) is 0 Å². The zero-order chi connectivity index (χ0) is 13.7. The molecule has 3 nitrogen and oxygen atoms in total. The van der Waals surface area contributed by atoms with Crippen LogP contribution < -0.4 is 5.63 Å². The van der Waals surface area contributed by atoms with Crippen molar-refractivity contribution in [1.82, 2.24) is 0 Å². The zero-order valence-electron chi connectivity index (χ0n) is 10.7. The largest absolute Gasteiger partial charge is 0.460 e. The van der Waals surface area contributed by atoms with Crippen molar-refractivity contribution in [3.8, 4) is 10.4 Å². The maximum absolute atomic E-state index is 12.3. The van der Waals surface area contributed by atoms with Crippen molar-refractivity contribution in [2.24, 2.45) is 0 Å². The summed E-state index contributed by atoms with van der Waals surface area (Å²) in [5.74, 6) is 0.742. The Morgan fingerprint density at radius 2 is 1.90 bits per heavy atom. The fourth-order valence-corrected chi connectivity index (χ4v) is 3.37. The minimum Gasteiger partial charge on any atom is -0.460 e. The lowest BCUT2D eigenvalue weighted by molar-refractivity contribution is 0.559. The Balaban J connectivity index is 2.25. The highest BCUT2D eigenvalue weighted by Gasteiger charge is 2.20. The zero-order valence-corrected chi connectivity index (χ0v) is 11.5. The SMILES string of the molecule is Cc1oc2c(c1-c1cccs1)c(=O)oc1ccccc12. The van der Waals surface area contributed by atoms with Gasteiger partial charge < -0.3 is 8.83 Å². The van der Waals surface area contributed by atoms with Crippen LogP contribution in [0, 0.1) is 6.92 Å². The van der Waals surface area contributed by atoms with Gasteiger partial charge in [0.15, 0.2) is 5.58 Å². The van der Waals surface area contributed by atoms with Gasteiger partial charge in [0.1, 0.15) is 16.7 Å². The number of para-hydroxylation sites is 1. The van der Waals surface area contributed by atoms with E-state index in [0.29, 0.717) is 16.6 Å². The van der Waals surface area contributed by atoms with Crippen molar-refractivity contribution in [2.75, 3.05) is 0 Å². The normalized spacial score (nSPS) is 11.4. The van der Waals surface area contributed by atoms with Gasteiger partial charge in [-0.2, -0.15) is 0 Å². The van der Waals surface area contributed by atoms with Crippen LogP contribution in [0.3, 0.4) is 0 Å². The smallest absolute Gasteiger partial charge is 0.348 e. The molecule has 0 aliphatic heterocycles. The predicted molar refractivity (Wildman–Crippen MR) is 80.3 cm³/mol. The molecule has 3 aromatic heterocycles. The number of hydrogen-bond acceptors (Lipinski definition) is 4. The average molecular weight is 282 g/mol. The summed E-state index contributed by atoms with van der Waals surface area (Å²) >= 11 is 1.58. The average Bonchev–Trinajstić information content (AvgIpc) is 3.05. The maximum atomic E-state index is 12.3. The summed E-state index contributed by atoms with van der Waals surface area (Å²) in [6, 6.07) is 11.4. The molecule has 4 heteroatoms. The van der Waals surface area contributed by atoms with Crippen molar-refractivity contribution in [1.29, 1.82) is 0 Å². The number of thiophene rings is 1. The number of fused-ring (bicyclic) bond motifs is 3. The van der Waals surface area contributed by atoms with E-state index in [1.165, 1.54) is 0 Å².